The predicted octanol–water partition coefficient (Wildman–Crippen LogP) is 3.36. The molecule has 3 rings (SSSR count). The van der Waals surface area contributed by atoms with Crippen molar-refractivity contribution in [1.82, 2.24) is 9.97 Å². The van der Waals surface area contributed by atoms with Gasteiger partial charge < -0.3 is 15.4 Å². The second-order valence-electron chi connectivity index (χ2n) is 5.46. The predicted molar refractivity (Wildman–Crippen MR) is 107 cm³/mol. The minimum atomic E-state index is -0.231. The van der Waals surface area contributed by atoms with E-state index in [0.717, 1.165) is 4.88 Å². The summed E-state index contributed by atoms with van der Waals surface area (Å²) >= 11 is 2.83. The number of carbonyl (C=O) groups is 2. The van der Waals surface area contributed by atoms with Crippen LogP contribution in [0, 0.1) is 0 Å². The van der Waals surface area contributed by atoms with E-state index in [9.17, 15) is 9.59 Å². The summed E-state index contributed by atoms with van der Waals surface area (Å²) in [6.45, 7) is 2.31. The topological polar surface area (TPSA) is 93.2 Å². The van der Waals surface area contributed by atoms with Crippen molar-refractivity contribution in [1.29, 1.82) is 0 Å². The summed E-state index contributed by atoms with van der Waals surface area (Å²) in [5, 5.41) is 9.71. The molecule has 0 atom stereocenters. The monoisotopic (exact) mass is 402 g/mol. The van der Waals surface area contributed by atoms with Gasteiger partial charge in [-0.2, -0.15) is 0 Å². The Balaban J connectivity index is 1.54. The Morgan fingerprint density at radius 2 is 1.96 bits per heavy atom. The molecular weight excluding hydrogens is 384 g/mol. The molecule has 3 heterocycles. The van der Waals surface area contributed by atoms with Gasteiger partial charge in [-0.25, -0.2) is 9.97 Å². The molecule has 0 bridgehead atoms. The number of pyridine rings is 1. The molecule has 0 aromatic carbocycles. The van der Waals surface area contributed by atoms with Gasteiger partial charge in [-0.05, 0) is 30.5 Å². The summed E-state index contributed by atoms with van der Waals surface area (Å²) in [6.07, 6.45) is 2.01. The second kappa shape index (κ2) is 9.24. The van der Waals surface area contributed by atoms with Crippen molar-refractivity contribution < 1.29 is 14.3 Å². The minimum Gasteiger partial charge on any atom is -0.476 e. The average Bonchev–Trinajstić information content (AvgIpc) is 3.29. The zero-order valence-corrected chi connectivity index (χ0v) is 16.2. The lowest BCUT2D eigenvalue weighted by Crippen LogP contribution is -2.16. The van der Waals surface area contributed by atoms with Crippen molar-refractivity contribution in [3.63, 3.8) is 0 Å². The van der Waals surface area contributed by atoms with Gasteiger partial charge in [0.05, 0.1) is 25.1 Å². The maximum Gasteiger partial charge on any atom is 0.237 e. The van der Waals surface area contributed by atoms with Crippen molar-refractivity contribution in [2.24, 2.45) is 0 Å². The molecule has 140 valence electrons. The molecule has 2 N–H and O–H groups in total. The first-order valence-electron chi connectivity index (χ1n) is 8.28. The van der Waals surface area contributed by atoms with Crippen LogP contribution in [0.4, 0.5) is 10.8 Å². The van der Waals surface area contributed by atoms with Crippen LogP contribution in [-0.4, -0.2) is 28.4 Å². The number of amides is 2. The molecule has 0 saturated heterocycles. The van der Waals surface area contributed by atoms with Crippen molar-refractivity contribution in [2.45, 2.75) is 19.8 Å². The summed E-state index contributed by atoms with van der Waals surface area (Å²) in [4.78, 5) is 33.7. The highest BCUT2D eigenvalue weighted by atomic mass is 32.1. The van der Waals surface area contributed by atoms with E-state index >= 15 is 0 Å². The molecule has 0 unspecified atom stereocenters. The molecule has 0 fully saturated rings. The highest BCUT2D eigenvalue weighted by Gasteiger charge is 2.13. The molecular formula is C18H18N4O3S2. The number of anilines is 2. The Labute approximate surface area is 164 Å². The summed E-state index contributed by atoms with van der Waals surface area (Å²) in [7, 11) is 0. The van der Waals surface area contributed by atoms with Crippen LogP contribution in [0.3, 0.4) is 0 Å². The zero-order valence-electron chi connectivity index (χ0n) is 14.6. The molecule has 7 nitrogen and oxygen atoms in total. The molecule has 9 heteroatoms. The fourth-order valence-corrected chi connectivity index (χ4v) is 3.71. The van der Waals surface area contributed by atoms with E-state index in [1.165, 1.54) is 22.7 Å². The van der Waals surface area contributed by atoms with Gasteiger partial charge in [0.1, 0.15) is 5.69 Å². The second-order valence-corrected chi connectivity index (χ2v) is 7.35. The van der Waals surface area contributed by atoms with Crippen molar-refractivity contribution in [3.8, 4) is 5.88 Å². The summed E-state index contributed by atoms with van der Waals surface area (Å²) in [5.41, 5.74) is 1.11. The van der Waals surface area contributed by atoms with E-state index in [1.807, 2.05) is 24.4 Å². The van der Waals surface area contributed by atoms with Crippen molar-refractivity contribution >= 4 is 45.3 Å². The fraction of sp³-hybridized carbons (Fsp3) is 0.222. The number of hydrogen-bond donors (Lipinski definition) is 2. The van der Waals surface area contributed by atoms with Gasteiger partial charge in [-0.1, -0.05) is 6.07 Å². The van der Waals surface area contributed by atoms with Crippen LogP contribution in [0.1, 0.15) is 17.5 Å². The number of aromatic nitrogens is 2. The molecule has 0 aliphatic carbocycles. The lowest BCUT2D eigenvalue weighted by atomic mass is 10.3. The first-order valence-corrected chi connectivity index (χ1v) is 10.0. The molecule has 0 aliphatic rings. The van der Waals surface area contributed by atoms with E-state index in [4.69, 9.17) is 4.74 Å². The minimum absolute atomic E-state index is 0.0950. The average molecular weight is 403 g/mol. The third-order valence-corrected chi connectivity index (χ3v) is 5.06. The number of thiazole rings is 1. The molecule has 0 saturated carbocycles. The van der Waals surface area contributed by atoms with Gasteiger partial charge in [0.2, 0.25) is 17.7 Å². The van der Waals surface area contributed by atoms with Gasteiger partial charge in [0.25, 0.3) is 0 Å². The van der Waals surface area contributed by atoms with E-state index < -0.39 is 0 Å². The van der Waals surface area contributed by atoms with Crippen LogP contribution < -0.4 is 15.4 Å². The van der Waals surface area contributed by atoms with Crippen LogP contribution >= 0.6 is 22.7 Å². The summed E-state index contributed by atoms with van der Waals surface area (Å²) < 4.78 is 5.39. The SMILES string of the molecule is CCOc1ncccc1NC(=O)Cc1csc(NC(=O)Cc2cccs2)n1. The molecule has 2 amide bonds. The molecule has 0 spiro atoms. The maximum atomic E-state index is 12.3. The summed E-state index contributed by atoms with van der Waals surface area (Å²) in [6, 6.07) is 7.28. The lowest BCUT2D eigenvalue weighted by Gasteiger charge is -2.09. The Morgan fingerprint density at radius 1 is 1.11 bits per heavy atom. The number of rotatable bonds is 8. The third kappa shape index (κ3) is 5.60. The molecule has 0 aliphatic heterocycles. The highest BCUT2D eigenvalue weighted by molar-refractivity contribution is 7.14. The Bertz CT molecular complexity index is 909. The third-order valence-electron chi connectivity index (χ3n) is 3.38. The molecule has 27 heavy (non-hydrogen) atoms. The van der Waals surface area contributed by atoms with Crippen molar-refractivity contribution in [2.75, 3.05) is 17.2 Å². The van der Waals surface area contributed by atoms with Crippen LogP contribution in [0.2, 0.25) is 0 Å². The van der Waals surface area contributed by atoms with E-state index in [-0.39, 0.29) is 18.2 Å². The Hall–Kier alpha value is -2.78. The normalized spacial score (nSPS) is 10.4. The number of hydrogen-bond acceptors (Lipinski definition) is 7. The maximum absolute atomic E-state index is 12.3. The van der Waals surface area contributed by atoms with Gasteiger partial charge in [0, 0.05) is 16.5 Å². The molecule has 3 aromatic rings. The van der Waals surface area contributed by atoms with Crippen LogP contribution in [0.15, 0.2) is 41.2 Å². The van der Waals surface area contributed by atoms with Gasteiger partial charge in [-0.3, -0.25) is 9.59 Å². The van der Waals surface area contributed by atoms with E-state index in [2.05, 4.69) is 20.6 Å². The number of thiophene rings is 1. The lowest BCUT2D eigenvalue weighted by molar-refractivity contribution is -0.116. The van der Waals surface area contributed by atoms with Crippen LogP contribution in [0.5, 0.6) is 5.88 Å². The number of carbonyl (C=O) groups excluding carboxylic acids is 2. The highest BCUT2D eigenvalue weighted by Crippen LogP contribution is 2.21. The number of nitrogens with zero attached hydrogens (tertiary/aromatic N) is 2. The standard InChI is InChI=1S/C18H18N4O3S2/c1-2-25-17-14(6-3-7-19-17)21-15(23)9-12-11-27-18(20-12)22-16(24)10-13-5-4-8-26-13/h3-8,11H,2,9-10H2,1H3,(H,21,23)(H,20,22,24). The first-order chi connectivity index (χ1) is 13.1. The first kappa shape index (κ1) is 19.0. The fourth-order valence-electron chi connectivity index (χ4n) is 2.28. The Kier molecular flexibility index (Phi) is 6.50. The summed E-state index contributed by atoms with van der Waals surface area (Å²) in [5.74, 6) is 0.0263. The van der Waals surface area contributed by atoms with E-state index in [0.29, 0.717) is 35.4 Å². The number of nitrogens with one attached hydrogen (secondary N) is 2. The largest absolute Gasteiger partial charge is 0.476 e. The van der Waals surface area contributed by atoms with Gasteiger partial charge in [-0.15, -0.1) is 22.7 Å². The van der Waals surface area contributed by atoms with Gasteiger partial charge in [0.15, 0.2) is 5.13 Å². The zero-order chi connectivity index (χ0) is 19.1. The molecule has 0 radical (unpaired) electrons. The van der Waals surface area contributed by atoms with Gasteiger partial charge >= 0.3 is 0 Å². The van der Waals surface area contributed by atoms with E-state index in [1.54, 1.807) is 23.7 Å². The van der Waals surface area contributed by atoms with Crippen molar-refractivity contribution in [3.05, 3.63) is 51.8 Å². The van der Waals surface area contributed by atoms with Crippen LogP contribution in [0.25, 0.3) is 0 Å². The van der Waals surface area contributed by atoms with Crippen LogP contribution in [-0.2, 0) is 22.4 Å². The number of ether oxygens (including phenoxy) is 1. The molecule has 3 aromatic heterocycles. The Morgan fingerprint density at radius 3 is 2.74 bits per heavy atom. The smallest absolute Gasteiger partial charge is 0.237 e. The quantitative estimate of drug-likeness (QED) is 0.603.